The Bertz CT molecular complexity index is 448. The molecule has 0 aliphatic carbocycles. The first-order chi connectivity index (χ1) is 10.2. The highest BCUT2D eigenvalue weighted by Gasteiger charge is 2.24. The van der Waals surface area contributed by atoms with E-state index in [1.54, 1.807) is 7.11 Å². The Hall–Kier alpha value is -0.820. The van der Waals surface area contributed by atoms with Crippen LogP contribution in [0.3, 0.4) is 0 Å². The van der Waals surface area contributed by atoms with Crippen molar-refractivity contribution in [3.63, 3.8) is 0 Å². The molecule has 2 heterocycles. The summed E-state index contributed by atoms with van der Waals surface area (Å²) in [5.41, 5.74) is 1.31. The number of halogens is 2. The number of nitrogens with zero attached hydrogens (tertiary/aromatic N) is 3. The van der Waals surface area contributed by atoms with Gasteiger partial charge in [-0.1, -0.05) is 0 Å². The van der Waals surface area contributed by atoms with E-state index in [-0.39, 0.29) is 30.7 Å². The van der Waals surface area contributed by atoms with Crippen molar-refractivity contribution in [2.24, 2.45) is 0 Å². The van der Waals surface area contributed by atoms with Crippen LogP contribution in [0, 0.1) is 0 Å². The molecular weight excluding hydrogens is 339 g/mol. The Morgan fingerprint density at radius 3 is 2.65 bits per heavy atom. The average Bonchev–Trinajstić information content (AvgIpc) is 3.00. The summed E-state index contributed by atoms with van der Waals surface area (Å²) in [4.78, 5) is 14.0. The van der Waals surface area contributed by atoms with Crippen molar-refractivity contribution < 1.29 is 9.53 Å². The number of hydrogen-bond acceptors (Lipinski definition) is 4. The zero-order valence-electron chi connectivity index (χ0n) is 13.9. The lowest BCUT2D eigenvalue weighted by atomic mass is 9.91. The van der Waals surface area contributed by atoms with Crippen molar-refractivity contribution in [1.29, 1.82) is 0 Å². The lowest BCUT2D eigenvalue weighted by Gasteiger charge is -2.31. The molecule has 1 fully saturated rings. The fourth-order valence-electron chi connectivity index (χ4n) is 2.71. The molecule has 8 heteroatoms. The van der Waals surface area contributed by atoms with E-state index < -0.39 is 0 Å². The van der Waals surface area contributed by atoms with Gasteiger partial charge in [0.1, 0.15) is 0 Å². The van der Waals surface area contributed by atoms with E-state index in [4.69, 9.17) is 4.74 Å². The van der Waals surface area contributed by atoms with E-state index in [2.05, 4.69) is 23.5 Å². The number of rotatable bonds is 7. The number of carbonyl (C=O) groups is 1. The predicted octanol–water partition coefficient (Wildman–Crippen LogP) is 1.69. The summed E-state index contributed by atoms with van der Waals surface area (Å²) in [7, 11) is 1.66. The van der Waals surface area contributed by atoms with Crippen molar-refractivity contribution in [3.8, 4) is 0 Å². The Kier molecular flexibility index (Phi) is 11.3. The highest BCUT2D eigenvalue weighted by Crippen LogP contribution is 2.27. The quantitative estimate of drug-likeness (QED) is 0.746. The Morgan fingerprint density at radius 2 is 2.09 bits per heavy atom. The second-order valence-corrected chi connectivity index (χ2v) is 5.45. The van der Waals surface area contributed by atoms with Crippen LogP contribution in [-0.2, 0) is 16.1 Å². The Morgan fingerprint density at radius 1 is 1.39 bits per heavy atom. The highest BCUT2D eigenvalue weighted by molar-refractivity contribution is 5.85. The van der Waals surface area contributed by atoms with Crippen molar-refractivity contribution in [3.05, 3.63) is 18.0 Å². The van der Waals surface area contributed by atoms with Crippen molar-refractivity contribution in [2.75, 3.05) is 39.9 Å². The van der Waals surface area contributed by atoms with Gasteiger partial charge >= 0.3 is 0 Å². The molecule has 0 atom stereocenters. The van der Waals surface area contributed by atoms with Crippen molar-refractivity contribution >= 4 is 30.7 Å². The normalized spacial score (nSPS) is 15.0. The summed E-state index contributed by atoms with van der Waals surface area (Å²) in [6.45, 7) is 6.44. The van der Waals surface area contributed by atoms with Crippen LogP contribution in [0.1, 0.15) is 31.2 Å². The molecule has 0 saturated carbocycles. The summed E-state index contributed by atoms with van der Waals surface area (Å²) < 4.78 is 6.91. The number of likely N-dealkylation sites (tertiary alicyclic amines) is 1. The second-order valence-electron chi connectivity index (χ2n) is 5.45. The van der Waals surface area contributed by atoms with E-state index in [0.717, 1.165) is 39.0 Å². The van der Waals surface area contributed by atoms with Crippen LogP contribution in [0.2, 0.25) is 0 Å². The van der Waals surface area contributed by atoms with Gasteiger partial charge in [-0.15, -0.1) is 24.8 Å². The molecule has 134 valence electrons. The number of ether oxygens (including phenoxy) is 1. The molecule has 0 spiro atoms. The number of carbonyl (C=O) groups excluding carboxylic acids is 1. The predicted molar refractivity (Wildman–Crippen MR) is 95.7 cm³/mol. The average molecular weight is 367 g/mol. The molecule has 0 unspecified atom stereocenters. The first-order valence-corrected chi connectivity index (χ1v) is 7.74. The largest absolute Gasteiger partial charge is 0.383 e. The minimum absolute atomic E-state index is 0. The van der Waals surface area contributed by atoms with Gasteiger partial charge in [-0.25, -0.2) is 0 Å². The van der Waals surface area contributed by atoms with Crippen LogP contribution in [0.15, 0.2) is 12.4 Å². The molecule has 0 radical (unpaired) electrons. The van der Waals surface area contributed by atoms with Crippen LogP contribution in [-0.4, -0.2) is 60.5 Å². The summed E-state index contributed by atoms with van der Waals surface area (Å²) in [6.07, 6.45) is 6.16. The van der Waals surface area contributed by atoms with Crippen LogP contribution < -0.4 is 5.32 Å². The third-order valence-electron chi connectivity index (χ3n) is 4.06. The zero-order valence-corrected chi connectivity index (χ0v) is 15.5. The molecule has 0 bridgehead atoms. The smallest absolute Gasteiger partial charge is 0.236 e. The Balaban J connectivity index is 0.00000242. The number of hydrogen-bond donors (Lipinski definition) is 1. The molecule has 1 aromatic rings. The van der Waals surface area contributed by atoms with E-state index in [9.17, 15) is 4.79 Å². The van der Waals surface area contributed by atoms with Gasteiger partial charge in [-0.2, -0.15) is 5.10 Å². The summed E-state index contributed by atoms with van der Waals surface area (Å²) >= 11 is 0. The molecular formula is C15H28Cl2N4O2. The molecule has 2 rings (SSSR count). The van der Waals surface area contributed by atoms with E-state index in [1.807, 2.05) is 15.8 Å². The van der Waals surface area contributed by atoms with Crippen LogP contribution in [0.5, 0.6) is 0 Å². The highest BCUT2D eigenvalue weighted by atomic mass is 35.5. The maximum atomic E-state index is 12.1. The summed E-state index contributed by atoms with van der Waals surface area (Å²) in [5.74, 6) is 0.726. The van der Waals surface area contributed by atoms with Gasteiger partial charge in [0.2, 0.25) is 5.91 Å². The van der Waals surface area contributed by atoms with Crippen LogP contribution >= 0.6 is 24.8 Å². The number of methoxy groups -OCH3 is 1. The third-order valence-corrected chi connectivity index (χ3v) is 4.06. The molecule has 23 heavy (non-hydrogen) atoms. The summed E-state index contributed by atoms with van der Waals surface area (Å²) in [5, 5.41) is 7.44. The SMILES string of the molecule is CCn1cc(C2CCN(C(=O)CNCCOC)CC2)cn1.Cl.Cl. The lowest BCUT2D eigenvalue weighted by molar-refractivity contribution is -0.131. The number of piperidine rings is 1. The lowest BCUT2D eigenvalue weighted by Crippen LogP contribution is -2.43. The molecule has 0 aromatic carbocycles. The molecule has 6 nitrogen and oxygen atoms in total. The maximum absolute atomic E-state index is 12.1. The maximum Gasteiger partial charge on any atom is 0.236 e. The van der Waals surface area contributed by atoms with Crippen LogP contribution in [0.25, 0.3) is 0 Å². The molecule has 1 aliphatic rings. The number of aryl methyl sites for hydroxylation is 1. The van der Waals surface area contributed by atoms with Gasteiger partial charge in [0.15, 0.2) is 0 Å². The van der Waals surface area contributed by atoms with Gasteiger partial charge in [-0.3, -0.25) is 9.48 Å². The summed E-state index contributed by atoms with van der Waals surface area (Å²) in [6, 6.07) is 0. The molecule has 1 aromatic heterocycles. The standard InChI is InChI=1S/C15H26N4O2.2ClH/c1-3-19-12-14(10-17-19)13-4-7-18(8-5-13)15(20)11-16-6-9-21-2;;/h10,12-13,16H,3-9,11H2,1-2H3;2*1H. The molecule has 1 N–H and O–H groups in total. The van der Waals surface area contributed by atoms with Crippen LogP contribution in [0.4, 0.5) is 0 Å². The fourth-order valence-corrected chi connectivity index (χ4v) is 2.71. The molecule has 1 amide bonds. The minimum Gasteiger partial charge on any atom is -0.383 e. The fraction of sp³-hybridized carbons (Fsp3) is 0.733. The van der Waals surface area contributed by atoms with Gasteiger partial charge in [0.05, 0.1) is 19.3 Å². The zero-order chi connectivity index (χ0) is 15.1. The van der Waals surface area contributed by atoms with Crippen molar-refractivity contribution in [1.82, 2.24) is 20.0 Å². The molecule has 1 aliphatic heterocycles. The van der Waals surface area contributed by atoms with Crippen molar-refractivity contribution in [2.45, 2.75) is 32.2 Å². The van der Waals surface area contributed by atoms with E-state index >= 15 is 0 Å². The third kappa shape index (κ3) is 6.67. The van der Waals surface area contributed by atoms with Gasteiger partial charge in [-0.05, 0) is 31.2 Å². The number of aromatic nitrogens is 2. The Labute approximate surface area is 150 Å². The number of nitrogens with one attached hydrogen (secondary N) is 1. The van der Waals surface area contributed by atoms with Gasteiger partial charge < -0.3 is 15.0 Å². The van der Waals surface area contributed by atoms with E-state index in [1.165, 1.54) is 5.56 Å². The van der Waals surface area contributed by atoms with E-state index in [0.29, 0.717) is 19.1 Å². The van der Waals surface area contributed by atoms with Gasteiger partial charge in [0.25, 0.3) is 0 Å². The first-order valence-electron chi connectivity index (χ1n) is 7.74. The molecule has 1 saturated heterocycles. The number of amides is 1. The topological polar surface area (TPSA) is 59.4 Å². The minimum atomic E-state index is 0. The second kappa shape index (κ2) is 11.7. The first kappa shape index (κ1) is 22.2. The van der Waals surface area contributed by atoms with Gasteiger partial charge in [0, 0.05) is 39.5 Å². The monoisotopic (exact) mass is 366 g/mol.